The summed E-state index contributed by atoms with van der Waals surface area (Å²) in [7, 11) is 3.09. The van der Waals surface area contributed by atoms with Crippen LogP contribution < -0.4 is 9.47 Å². The number of rotatable bonds is 10. The summed E-state index contributed by atoms with van der Waals surface area (Å²) in [4.78, 5) is 38.6. The molecule has 0 amide bonds. The van der Waals surface area contributed by atoms with Gasteiger partial charge in [0.25, 0.3) is 0 Å². The summed E-state index contributed by atoms with van der Waals surface area (Å²) >= 11 is 0. The standard InChI is InChI=1S/C12H8F2NO.C12H9FNO.C11H6F2N.4C11H7FN.C5H8O2.6Ir/c1-16-9-4-5-15-12(7-9)10-3-2-8(13)6-11(10)14;1-15-11-6-7-14-12(8-11)9-2-4-10(13)5-3-9;12-8-4-5-9(10(13)7-8)11-3-1-2-6-14-11;4*12-10-6-4-9(5-7-10)11-3-1-2-8-13-11;1-4(6)3-5(2)7;;;;;;/h2,4-7H,1H3;2,4-8H,1H3;1-4,6-7H;4*1-4,6-8H;3,6H,1-2H3;;;;;;/q7*-1;;;;;;;. The van der Waals surface area contributed by atoms with E-state index in [-0.39, 0.29) is 172 Å². The first-order chi connectivity index (χ1) is 50.3. The Morgan fingerprint density at radius 3 is 0.800 bits per heavy atom. The van der Waals surface area contributed by atoms with E-state index in [9.17, 15) is 44.3 Å². The largest absolute Gasteiger partial charge is 0.512 e. The SMILES string of the molecule is CC(=O)C=C(C)O.COc1ccnc(-c2[c-]cc(F)cc2)c1.COc1ccnc(-c2[c-]cc(F)cc2F)c1.Fc1c[c-]c(-c2ccccn2)c(F)c1.Fc1c[c-]c(-c2ccccn2)cc1.Fc1c[c-]c(-c2ccccn2)cc1.Fc1c[c-]c(-c2ccccn2)cc1.Fc1c[c-]c(-c2ccccn2)cc1.[Ir].[Ir].[Ir].[Ir].[Ir].[Ir]. The Morgan fingerprint density at radius 2 is 0.564 bits per heavy atom. The Morgan fingerprint density at radius 1 is 0.309 bits per heavy atom. The summed E-state index contributed by atoms with van der Waals surface area (Å²) in [6.07, 6.45) is 12.7. The molecule has 0 aliphatic heterocycles. The van der Waals surface area contributed by atoms with Gasteiger partial charge in [0.1, 0.15) is 11.5 Å². The van der Waals surface area contributed by atoms with Crippen molar-refractivity contribution in [2.24, 2.45) is 0 Å². The molecule has 1 N–H and O–H groups in total. The molecule has 0 atom stereocenters. The Kier molecular flexibility index (Phi) is 48.7. The van der Waals surface area contributed by atoms with E-state index in [1.807, 2.05) is 72.8 Å². The second-order valence-corrected chi connectivity index (χ2v) is 20.8. The molecule has 7 heterocycles. The van der Waals surface area contributed by atoms with Crippen molar-refractivity contribution >= 4 is 5.78 Å². The molecule has 0 aliphatic carbocycles. The number of carbonyl (C=O) groups is 1. The van der Waals surface area contributed by atoms with Crippen LogP contribution in [0.25, 0.3) is 78.8 Å². The predicted octanol–water partition coefficient (Wildman–Crippen LogP) is 20.1. The van der Waals surface area contributed by atoms with E-state index in [1.165, 1.54) is 93.9 Å². The number of hydrogen-bond acceptors (Lipinski definition) is 11. The zero-order valence-electron chi connectivity index (χ0n) is 57.8. The number of halogens is 9. The average molecular weight is 2550 g/mol. The molecule has 110 heavy (non-hydrogen) atoms. The van der Waals surface area contributed by atoms with Crippen LogP contribution in [0.2, 0.25) is 0 Å². The van der Waals surface area contributed by atoms with Gasteiger partial charge in [-0.25, -0.2) is 0 Å². The summed E-state index contributed by atoms with van der Waals surface area (Å²) in [5.41, 5.74) is 9.04. The Hall–Kier alpha value is -9.33. The number of aliphatic hydroxyl groups excluding tert-OH is 1. The second kappa shape index (κ2) is 54.3. The van der Waals surface area contributed by atoms with Crippen molar-refractivity contribution < 1.29 is 180 Å². The number of benzene rings is 7. The minimum Gasteiger partial charge on any atom is -0.512 e. The minimum absolute atomic E-state index is 0. The molecule has 26 heteroatoms. The van der Waals surface area contributed by atoms with Crippen LogP contribution in [0, 0.1) is 94.8 Å². The quantitative estimate of drug-likeness (QED) is 0.0604. The van der Waals surface area contributed by atoms with Crippen molar-refractivity contribution in [2.75, 3.05) is 14.2 Å². The van der Waals surface area contributed by atoms with Crippen LogP contribution in [0.1, 0.15) is 13.8 Å². The number of nitrogens with zero attached hydrogens (tertiary/aromatic N) is 7. The van der Waals surface area contributed by atoms with Gasteiger partial charge in [-0.1, -0.05) is 83.9 Å². The van der Waals surface area contributed by atoms with Crippen LogP contribution in [0.5, 0.6) is 11.5 Å². The minimum atomic E-state index is -0.694. The maximum absolute atomic E-state index is 13.4. The molecule has 6 radical (unpaired) electrons. The van der Waals surface area contributed by atoms with Gasteiger partial charge in [0, 0.05) is 222 Å². The van der Waals surface area contributed by atoms with Gasteiger partial charge in [-0.3, -0.25) is 44.3 Å². The molecule has 7 aromatic carbocycles. The molecule has 0 unspecified atom stereocenters. The molecule has 0 saturated carbocycles. The first kappa shape index (κ1) is 98.7. The maximum atomic E-state index is 13.4. The second-order valence-electron chi connectivity index (χ2n) is 20.8. The number of ketones is 1. The molecule has 0 bridgehead atoms. The molecule has 11 nitrogen and oxygen atoms in total. The number of aromatic nitrogens is 7. The van der Waals surface area contributed by atoms with Crippen molar-refractivity contribution in [3.05, 3.63) is 381 Å². The Bertz CT molecular complexity index is 4580. The Labute approximate surface area is 712 Å². The number of allylic oxidation sites excluding steroid dienone is 2. The first-order valence-electron chi connectivity index (χ1n) is 30.9. The van der Waals surface area contributed by atoms with Gasteiger partial charge in [0.2, 0.25) is 0 Å². The normalized spacial score (nSPS) is 9.55. The molecule has 0 saturated heterocycles. The van der Waals surface area contributed by atoms with Crippen molar-refractivity contribution in [3.8, 4) is 90.3 Å². The van der Waals surface area contributed by atoms with Gasteiger partial charge < -0.3 is 49.5 Å². The third-order valence-corrected chi connectivity index (χ3v) is 13.2. The fourth-order valence-electron chi connectivity index (χ4n) is 8.36. The van der Waals surface area contributed by atoms with Gasteiger partial charge in [0.05, 0.1) is 20.0 Å². The van der Waals surface area contributed by atoms with Crippen molar-refractivity contribution in [1.82, 2.24) is 34.9 Å². The van der Waals surface area contributed by atoms with Crippen LogP contribution in [-0.2, 0) is 125 Å². The molecule has 0 fully saturated rings. The average Bonchev–Trinajstić information content (AvgIpc) is 0.974. The van der Waals surface area contributed by atoms with Crippen LogP contribution in [0.4, 0.5) is 39.5 Å². The number of methoxy groups -OCH3 is 2. The van der Waals surface area contributed by atoms with Crippen molar-refractivity contribution in [1.29, 1.82) is 0 Å². The van der Waals surface area contributed by atoms with E-state index in [0.717, 1.165) is 80.6 Å². The summed E-state index contributed by atoms with van der Waals surface area (Å²) in [5.74, 6) is -2.84. The maximum Gasteiger partial charge on any atom is 0.155 e. The molecular formula is C84H59F9Ir6N7O4-7. The zero-order chi connectivity index (χ0) is 74.4. The molecular weight excluding hydrogens is 2500 g/mol. The van der Waals surface area contributed by atoms with Gasteiger partial charge in [-0.05, 0) is 108 Å². The van der Waals surface area contributed by atoms with Crippen molar-refractivity contribution in [3.63, 3.8) is 0 Å². The number of pyridine rings is 7. The van der Waals surface area contributed by atoms with Gasteiger partial charge in [-0.2, -0.15) is 0 Å². The fraction of sp³-hybridized carbons (Fsp3) is 0.0476. The van der Waals surface area contributed by atoms with Gasteiger partial charge in [-0.15, -0.1) is 173 Å². The third-order valence-electron chi connectivity index (χ3n) is 13.2. The van der Waals surface area contributed by atoms with E-state index >= 15 is 0 Å². The summed E-state index contributed by atoms with van der Waals surface area (Å²) in [5, 5.41) is 8.36. The van der Waals surface area contributed by atoms with E-state index in [4.69, 9.17) is 14.6 Å². The summed E-state index contributed by atoms with van der Waals surface area (Å²) in [6.45, 7) is 2.85. The fourth-order valence-corrected chi connectivity index (χ4v) is 8.36. The van der Waals surface area contributed by atoms with Crippen LogP contribution >= 0.6 is 0 Å². The van der Waals surface area contributed by atoms with E-state index < -0.39 is 23.3 Å². The van der Waals surface area contributed by atoms with Crippen LogP contribution in [0.3, 0.4) is 0 Å². The summed E-state index contributed by atoms with van der Waals surface area (Å²) < 4.78 is 125. The van der Waals surface area contributed by atoms with E-state index in [1.54, 1.807) is 117 Å². The van der Waals surface area contributed by atoms with Gasteiger partial charge >= 0.3 is 0 Å². The topological polar surface area (TPSA) is 146 Å². The smallest absolute Gasteiger partial charge is 0.155 e. The monoisotopic (exact) mass is 2560 g/mol. The van der Waals surface area contributed by atoms with E-state index in [2.05, 4.69) is 77.4 Å². The number of hydrogen-bond donors (Lipinski definition) is 1. The molecule has 7 aromatic heterocycles. The van der Waals surface area contributed by atoms with Crippen LogP contribution in [0.15, 0.2) is 286 Å². The number of carbonyl (C=O) groups excluding carboxylic acids is 1. The number of aliphatic hydroxyl groups is 1. The van der Waals surface area contributed by atoms with Crippen molar-refractivity contribution in [2.45, 2.75) is 13.8 Å². The molecule has 578 valence electrons. The first-order valence-corrected chi connectivity index (χ1v) is 30.9. The Balaban J connectivity index is 0.000000628. The molecule has 0 aliphatic rings. The summed E-state index contributed by atoms with van der Waals surface area (Å²) in [6, 6.07) is 78.9. The van der Waals surface area contributed by atoms with E-state index in [0.29, 0.717) is 22.8 Å². The predicted molar refractivity (Wildman–Crippen MR) is 379 cm³/mol. The third kappa shape index (κ3) is 35.6. The molecule has 0 spiro atoms. The molecule has 14 rings (SSSR count). The van der Waals surface area contributed by atoms with Crippen LogP contribution in [-0.4, -0.2) is 60.0 Å². The molecule has 14 aromatic rings. The van der Waals surface area contributed by atoms with Gasteiger partial charge in [0.15, 0.2) is 5.78 Å². The zero-order valence-corrected chi connectivity index (χ0v) is 72.1. The number of ether oxygens (including phenoxy) is 2.